The predicted octanol–water partition coefficient (Wildman–Crippen LogP) is 6.07. The van der Waals surface area contributed by atoms with E-state index in [-0.39, 0.29) is 6.10 Å². The van der Waals surface area contributed by atoms with Gasteiger partial charge in [-0.05, 0) is 12.8 Å². The van der Waals surface area contributed by atoms with Crippen LogP contribution in [-0.4, -0.2) is 19.1 Å². The molecule has 0 fully saturated rings. The van der Waals surface area contributed by atoms with E-state index in [4.69, 9.17) is 8.74 Å². The molecule has 5 heteroatoms. The molecule has 0 heterocycles. The molecule has 1 N–H and O–H groups in total. The van der Waals surface area contributed by atoms with E-state index < -0.39 is 10.4 Å². The van der Waals surface area contributed by atoms with Crippen molar-refractivity contribution < 1.29 is 17.2 Å². The summed E-state index contributed by atoms with van der Waals surface area (Å²) in [4.78, 5) is 0. The van der Waals surface area contributed by atoms with Crippen LogP contribution >= 0.6 is 0 Å². The van der Waals surface area contributed by atoms with Crippen LogP contribution < -0.4 is 0 Å². The zero-order chi connectivity index (χ0) is 17.4. The molecule has 0 saturated carbocycles. The van der Waals surface area contributed by atoms with Crippen molar-refractivity contribution in [3.8, 4) is 0 Å². The number of rotatable bonds is 17. The standard InChI is InChI=1S/C18H38O4S/c1-3-5-7-9-10-11-13-15-17-18(22-23(19,20)21)16-14-12-8-6-4-2/h18H,3-17H2,1-2H3,(H,19,20,21). The summed E-state index contributed by atoms with van der Waals surface area (Å²) in [5, 5.41) is 0. The van der Waals surface area contributed by atoms with Gasteiger partial charge in [-0.3, -0.25) is 4.55 Å². The van der Waals surface area contributed by atoms with Gasteiger partial charge in [0.05, 0.1) is 6.10 Å². The normalized spacial score (nSPS) is 13.3. The highest BCUT2D eigenvalue weighted by Crippen LogP contribution is 2.18. The van der Waals surface area contributed by atoms with E-state index in [0.717, 1.165) is 38.5 Å². The van der Waals surface area contributed by atoms with E-state index in [1.54, 1.807) is 0 Å². The first-order chi connectivity index (χ1) is 11.0. The Morgan fingerprint density at radius 3 is 1.39 bits per heavy atom. The van der Waals surface area contributed by atoms with Gasteiger partial charge in [-0.1, -0.05) is 97.3 Å². The summed E-state index contributed by atoms with van der Waals surface area (Å²) in [5.41, 5.74) is 0. The maximum atomic E-state index is 10.9. The SMILES string of the molecule is CCCCCCCCCCC(CCCCCCC)OS(=O)(=O)O. The highest BCUT2D eigenvalue weighted by atomic mass is 32.3. The number of unbranched alkanes of at least 4 members (excludes halogenated alkanes) is 11. The summed E-state index contributed by atoms with van der Waals surface area (Å²) in [6, 6.07) is 0. The van der Waals surface area contributed by atoms with Gasteiger partial charge in [0, 0.05) is 0 Å². The lowest BCUT2D eigenvalue weighted by atomic mass is 10.0. The number of hydrogen-bond donors (Lipinski definition) is 1. The topological polar surface area (TPSA) is 63.6 Å². The molecule has 0 aromatic rings. The molecule has 0 spiro atoms. The van der Waals surface area contributed by atoms with Crippen LogP contribution in [0.5, 0.6) is 0 Å². The molecule has 0 rings (SSSR count). The highest BCUT2D eigenvalue weighted by Gasteiger charge is 2.16. The highest BCUT2D eigenvalue weighted by molar-refractivity contribution is 7.80. The van der Waals surface area contributed by atoms with Gasteiger partial charge >= 0.3 is 10.4 Å². The lowest BCUT2D eigenvalue weighted by Crippen LogP contribution is -2.18. The molecule has 0 radical (unpaired) electrons. The third-order valence-electron chi connectivity index (χ3n) is 4.27. The summed E-state index contributed by atoms with van der Waals surface area (Å²) in [6.07, 6.45) is 16.6. The average molecular weight is 351 g/mol. The van der Waals surface area contributed by atoms with Gasteiger partial charge in [-0.2, -0.15) is 8.42 Å². The van der Waals surface area contributed by atoms with Crippen LogP contribution in [0, 0.1) is 0 Å². The molecule has 0 aromatic heterocycles. The zero-order valence-corrected chi connectivity index (χ0v) is 16.1. The molecule has 4 nitrogen and oxygen atoms in total. The van der Waals surface area contributed by atoms with Gasteiger partial charge in [0.1, 0.15) is 0 Å². The Morgan fingerprint density at radius 1 is 0.696 bits per heavy atom. The van der Waals surface area contributed by atoms with Crippen molar-refractivity contribution in [2.24, 2.45) is 0 Å². The first-order valence-electron chi connectivity index (χ1n) is 9.65. The molecular formula is C18H38O4S. The molecule has 0 aliphatic heterocycles. The third kappa shape index (κ3) is 18.1. The minimum atomic E-state index is -4.33. The van der Waals surface area contributed by atoms with Crippen molar-refractivity contribution >= 4 is 10.4 Å². The molecule has 1 atom stereocenters. The molecule has 23 heavy (non-hydrogen) atoms. The Hall–Kier alpha value is -0.130. The maximum Gasteiger partial charge on any atom is 0.397 e. The second-order valence-corrected chi connectivity index (χ2v) is 7.66. The molecular weight excluding hydrogens is 312 g/mol. The second kappa shape index (κ2) is 15.4. The van der Waals surface area contributed by atoms with Crippen molar-refractivity contribution in [1.29, 1.82) is 0 Å². The molecule has 0 saturated heterocycles. The minimum absolute atomic E-state index is 0.355. The van der Waals surface area contributed by atoms with Crippen molar-refractivity contribution in [2.45, 2.75) is 116 Å². The van der Waals surface area contributed by atoms with Crippen LogP contribution in [0.1, 0.15) is 110 Å². The zero-order valence-electron chi connectivity index (χ0n) is 15.3. The fourth-order valence-electron chi connectivity index (χ4n) is 2.89. The smallest absolute Gasteiger partial charge is 0.264 e. The lowest BCUT2D eigenvalue weighted by molar-refractivity contribution is 0.157. The van der Waals surface area contributed by atoms with Gasteiger partial charge in [0.2, 0.25) is 0 Å². The Labute approximate surface area is 144 Å². The quantitative estimate of drug-likeness (QED) is 0.255. The van der Waals surface area contributed by atoms with Crippen LogP contribution in [-0.2, 0) is 14.6 Å². The summed E-state index contributed by atoms with van der Waals surface area (Å²) >= 11 is 0. The molecule has 0 bridgehead atoms. The summed E-state index contributed by atoms with van der Waals surface area (Å²) < 4.78 is 35.6. The largest absolute Gasteiger partial charge is 0.397 e. The molecule has 0 aliphatic rings. The summed E-state index contributed by atoms with van der Waals surface area (Å²) in [5.74, 6) is 0. The Kier molecular flexibility index (Phi) is 15.3. The van der Waals surface area contributed by atoms with E-state index in [1.165, 1.54) is 57.8 Å². The van der Waals surface area contributed by atoms with Crippen LogP contribution in [0.3, 0.4) is 0 Å². The van der Waals surface area contributed by atoms with E-state index in [0.29, 0.717) is 0 Å². The van der Waals surface area contributed by atoms with Crippen molar-refractivity contribution in [3.63, 3.8) is 0 Å². The Morgan fingerprint density at radius 2 is 1.04 bits per heavy atom. The summed E-state index contributed by atoms with van der Waals surface area (Å²) in [6.45, 7) is 4.39. The number of hydrogen-bond acceptors (Lipinski definition) is 3. The van der Waals surface area contributed by atoms with Gasteiger partial charge < -0.3 is 0 Å². The Bertz CT molecular complexity index is 341. The third-order valence-corrected chi connectivity index (χ3v) is 4.78. The molecule has 140 valence electrons. The van der Waals surface area contributed by atoms with Crippen LogP contribution in [0.25, 0.3) is 0 Å². The average Bonchev–Trinajstić information content (AvgIpc) is 2.48. The van der Waals surface area contributed by atoms with Crippen molar-refractivity contribution in [2.75, 3.05) is 0 Å². The summed E-state index contributed by atoms with van der Waals surface area (Å²) in [7, 11) is -4.33. The maximum absolute atomic E-state index is 10.9. The predicted molar refractivity (Wildman–Crippen MR) is 97.0 cm³/mol. The fourth-order valence-corrected chi connectivity index (χ4v) is 3.43. The molecule has 0 aromatic carbocycles. The minimum Gasteiger partial charge on any atom is -0.264 e. The van der Waals surface area contributed by atoms with E-state index in [1.807, 2.05) is 0 Å². The van der Waals surface area contributed by atoms with Crippen LogP contribution in [0.2, 0.25) is 0 Å². The van der Waals surface area contributed by atoms with E-state index in [2.05, 4.69) is 13.8 Å². The van der Waals surface area contributed by atoms with Crippen molar-refractivity contribution in [3.05, 3.63) is 0 Å². The van der Waals surface area contributed by atoms with Crippen LogP contribution in [0.15, 0.2) is 0 Å². The molecule has 1 unspecified atom stereocenters. The first kappa shape index (κ1) is 22.9. The van der Waals surface area contributed by atoms with E-state index in [9.17, 15) is 8.42 Å². The van der Waals surface area contributed by atoms with Crippen LogP contribution in [0.4, 0.5) is 0 Å². The monoisotopic (exact) mass is 350 g/mol. The van der Waals surface area contributed by atoms with Gasteiger partial charge in [0.15, 0.2) is 0 Å². The Balaban J connectivity index is 3.80. The van der Waals surface area contributed by atoms with E-state index >= 15 is 0 Å². The van der Waals surface area contributed by atoms with Gasteiger partial charge in [-0.15, -0.1) is 0 Å². The van der Waals surface area contributed by atoms with Crippen molar-refractivity contribution in [1.82, 2.24) is 0 Å². The first-order valence-corrected chi connectivity index (χ1v) is 11.0. The van der Waals surface area contributed by atoms with Gasteiger partial charge in [-0.25, -0.2) is 4.18 Å². The fraction of sp³-hybridized carbons (Fsp3) is 1.00. The van der Waals surface area contributed by atoms with Gasteiger partial charge in [0.25, 0.3) is 0 Å². The molecule has 0 amide bonds. The second-order valence-electron chi connectivity index (χ2n) is 6.61. The molecule has 0 aliphatic carbocycles. The lowest BCUT2D eigenvalue weighted by Gasteiger charge is -2.15.